The van der Waals surface area contributed by atoms with Crippen LogP contribution >= 0.6 is 11.6 Å². The molecule has 0 radical (unpaired) electrons. The van der Waals surface area contributed by atoms with Crippen LogP contribution in [0.25, 0.3) is 0 Å². The van der Waals surface area contributed by atoms with Gasteiger partial charge in [-0.1, -0.05) is 13.3 Å². The van der Waals surface area contributed by atoms with Crippen molar-refractivity contribution in [1.29, 1.82) is 0 Å². The minimum absolute atomic E-state index is 0.0384. The van der Waals surface area contributed by atoms with Crippen LogP contribution in [0.4, 0.5) is 0 Å². The maximum atomic E-state index is 13.2. The minimum atomic E-state index is -1.11. The smallest absolute Gasteiger partial charge is 0.254 e. The van der Waals surface area contributed by atoms with Crippen LogP contribution in [0.2, 0.25) is 0 Å². The van der Waals surface area contributed by atoms with Gasteiger partial charge in [-0.05, 0) is 87.4 Å². The Kier molecular flexibility index (Phi) is 6.05. The van der Waals surface area contributed by atoms with Gasteiger partial charge in [-0.3, -0.25) is 9.59 Å². The summed E-state index contributed by atoms with van der Waals surface area (Å²) in [6.07, 6.45) is 10.9. The zero-order chi connectivity index (χ0) is 21.8. The van der Waals surface area contributed by atoms with E-state index in [1.54, 1.807) is 4.90 Å². The van der Waals surface area contributed by atoms with Crippen LogP contribution in [-0.4, -0.2) is 63.9 Å². The van der Waals surface area contributed by atoms with E-state index in [9.17, 15) is 14.7 Å². The molecular weight excluding hydrogens is 412 g/mol. The predicted molar refractivity (Wildman–Crippen MR) is 121 cm³/mol. The molecule has 1 heterocycles. The Morgan fingerprint density at radius 3 is 2.13 bits per heavy atom. The Morgan fingerprint density at radius 1 is 0.839 bits per heavy atom. The Bertz CT molecular complexity index is 703. The molecule has 0 bridgehead atoms. The third kappa shape index (κ3) is 4.26. The molecular formula is C25H39ClN2O3. The molecule has 7 atom stereocenters. The number of halogens is 1. The number of rotatable bonds is 3. The van der Waals surface area contributed by atoms with Crippen molar-refractivity contribution in [3.05, 3.63) is 0 Å². The number of fused-ring (bicyclic) bond motifs is 1. The second-order valence-corrected chi connectivity index (χ2v) is 12.0. The van der Waals surface area contributed by atoms with Crippen molar-refractivity contribution in [3.63, 3.8) is 0 Å². The summed E-state index contributed by atoms with van der Waals surface area (Å²) >= 11 is 6.94. The third-order valence-electron chi connectivity index (χ3n) is 9.58. The second-order valence-electron chi connectivity index (χ2n) is 11.4. The summed E-state index contributed by atoms with van der Waals surface area (Å²) in [5.41, 5.74) is -1.11. The maximum absolute atomic E-state index is 13.2. The van der Waals surface area contributed by atoms with Crippen LogP contribution in [-0.2, 0) is 9.59 Å². The molecule has 31 heavy (non-hydrogen) atoms. The molecule has 0 aromatic carbocycles. The van der Waals surface area contributed by atoms with E-state index in [0.717, 1.165) is 42.9 Å². The maximum Gasteiger partial charge on any atom is 0.254 e. The van der Waals surface area contributed by atoms with Crippen LogP contribution < -0.4 is 0 Å². The van der Waals surface area contributed by atoms with Crippen LogP contribution in [0.3, 0.4) is 0 Å². The molecule has 0 aromatic heterocycles. The molecule has 6 heteroatoms. The molecule has 1 aliphatic heterocycles. The Labute approximate surface area is 191 Å². The third-order valence-corrected chi connectivity index (χ3v) is 10.1. The summed E-state index contributed by atoms with van der Waals surface area (Å²) in [5.74, 6) is 4.25. The van der Waals surface area contributed by atoms with Gasteiger partial charge >= 0.3 is 0 Å². The average molecular weight is 451 g/mol. The van der Waals surface area contributed by atoms with E-state index >= 15 is 0 Å². The van der Waals surface area contributed by atoms with Gasteiger partial charge in [0.1, 0.15) is 5.60 Å². The monoisotopic (exact) mass is 450 g/mol. The number of nitrogens with zero attached hydrogens (tertiary/aromatic N) is 2. The topological polar surface area (TPSA) is 60.9 Å². The van der Waals surface area contributed by atoms with Crippen molar-refractivity contribution >= 4 is 23.4 Å². The molecule has 1 saturated heterocycles. The van der Waals surface area contributed by atoms with Crippen molar-refractivity contribution in [2.75, 3.05) is 26.2 Å². The molecule has 0 aromatic rings. The fraction of sp³-hybridized carbons (Fsp3) is 0.920. The lowest BCUT2D eigenvalue weighted by Crippen LogP contribution is -2.55. The SMILES string of the molecule is CC1CCC2CC(C3CCC(C(=O)N4CCN(C(=O)C5(O)CC5)CC4)CC3Cl)CCC12. The molecule has 2 amide bonds. The molecule has 4 aliphatic carbocycles. The number of carbonyl (C=O) groups is 2. The van der Waals surface area contributed by atoms with Gasteiger partial charge in [0.05, 0.1) is 0 Å². The fourth-order valence-electron chi connectivity index (χ4n) is 7.39. The molecule has 7 unspecified atom stereocenters. The number of piperazine rings is 1. The van der Waals surface area contributed by atoms with Crippen LogP contribution in [0, 0.1) is 35.5 Å². The number of aliphatic hydroxyl groups is 1. The van der Waals surface area contributed by atoms with E-state index in [-0.39, 0.29) is 23.1 Å². The molecule has 5 nitrogen and oxygen atoms in total. The molecule has 1 N–H and O–H groups in total. The molecule has 5 aliphatic rings. The van der Waals surface area contributed by atoms with E-state index in [4.69, 9.17) is 11.6 Å². The highest BCUT2D eigenvalue weighted by molar-refractivity contribution is 6.21. The molecule has 5 fully saturated rings. The van der Waals surface area contributed by atoms with E-state index in [1.807, 2.05) is 4.90 Å². The summed E-state index contributed by atoms with van der Waals surface area (Å²) in [6.45, 7) is 4.68. The standard InChI is InChI=1S/C25H39ClN2O3/c1-16-2-3-17-14-18(4-6-20(16)17)21-7-5-19(15-22(21)26)23(29)27-10-12-28(13-11-27)24(30)25(31)8-9-25/h16-22,31H,2-15H2,1H3. The summed E-state index contributed by atoms with van der Waals surface area (Å²) < 4.78 is 0. The number of carbonyl (C=O) groups excluding carboxylic acids is 2. The number of hydrogen-bond acceptors (Lipinski definition) is 3. The van der Waals surface area contributed by atoms with E-state index in [0.29, 0.717) is 44.9 Å². The first-order valence-electron chi connectivity index (χ1n) is 12.8. The Hall–Kier alpha value is -0.810. The first-order valence-corrected chi connectivity index (χ1v) is 13.2. The lowest BCUT2D eigenvalue weighted by atomic mass is 9.65. The summed E-state index contributed by atoms with van der Waals surface area (Å²) in [4.78, 5) is 29.2. The first kappa shape index (κ1) is 22.0. The van der Waals surface area contributed by atoms with Gasteiger partial charge in [0.25, 0.3) is 5.91 Å². The number of amides is 2. The zero-order valence-electron chi connectivity index (χ0n) is 19.0. The highest BCUT2D eigenvalue weighted by atomic mass is 35.5. The summed E-state index contributed by atoms with van der Waals surface area (Å²) in [6, 6.07) is 0. The van der Waals surface area contributed by atoms with Crippen molar-refractivity contribution in [2.24, 2.45) is 35.5 Å². The zero-order valence-corrected chi connectivity index (χ0v) is 19.7. The first-order chi connectivity index (χ1) is 14.9. The van der Waals surface area contributed by atoms with Crippen LogP contribution in [0.15, 0.2) is 0 Å². The number of alkyl halides is 1. The van der Waals surface area contributed by atoms with Crippen LogP contribution in [0.1, 0.15) is 71.1 Å². The van der Waals surface area contributed by atoms with E-state index < -0.39 is 5.60 Å². The van der Waals surface area contributed by atoms with E-state index in [2.05, 4.69) is 6.92 Å². The Morgan fingerprint density at radius 2 is 1.45 bits per heavy atom. The van der Waals surface area contributed by atoms with Crippen molar-refractivity contribution in [3.8, 4) is 0 Å². The second kappa shape index (κ2) is 8.52. The quantitative estimate of drug-likeness (QED) is 0.667. The number of hydrogen-bond donors (Lipinski definition) is 1. The van der Waals surface area contributed by atoms with Crippen molar-refractivity contribution < 1.29 is 14.7 Å². The summed E-state index contributed by atoms with van der Waals surface area (Å²) in [7, 11) is 0. The molecule has 5 rings (SSSR count). The lowest BCUT2D eigenvalue weighted by Gasteiger charge is -2.43. The molecule has 0 spiro atoms. The Balaban J connectivity index is 1.11. The van der Waals surface area contributed by atoms with Crippen molar-refractivity contribution in [1.82, 2.24) is 9.80 Å². The lowest BCUT2D eigenvalue weighted by molar-refractivity contribution is -0.148. The summed E-state index contributed by atoms with van der Waals surface area (Å²) in [5, 5.41) is 10.2. The van der Waals surface area contributed by atoms with Gasteiger partial charge in [0, 0.05) is 37.5 Å². The van der Waals surface area contributed by atoms with Gasteiger partial charge in [-0.25, -0.2) is 0 Å². The predicted octanol–water partition coefficient (Wildman–Crippen LogP) is 3.67. The van der Waals surface area contributed by atoms with Gasteiger partial charge in [-0.2, -0.15) is 0 Å². The highest BCUT2D eigenvalue weighted by Gasteiger charge is 2.51. The average Bonchev–Trinajstić information content (AvgIpc) is 3.44. The van der Waals surface area contributed by atoms with Crippen LogP contribution in [0.5, 0.6) is 0 Å². The van der Waals surface area contributed by atoms with Gasteiger partial charge in [0.15, 0.2) is 0 Å². The highest BCUT2D eigenvalue weighted by Crippen LogP contribution is 2.51. The molecule has 174 valence electrons. The molecule has 4 saturated carbocycles. The largest absolute Gasteiger partial charge is 0.380 e. The van der Waals surface area contributed by atoms with Gasteiger partial charge < -0.3 is 14.9 Å². The van der Waals surface area contributed by atoms with Gasteiger partial charge in [-0.15, -0.1) is 11.6 Å². The minimum Gasteiger partial charge on any atom is -0.380 e. The van der Waals surface area contributed by atoms with E-state index in [1.165, 1.54) is 32.1 Å². The van der Waals surface area contributed by atoms with Crippen molar-refractivity contribution in [2.45, 2.75) is 82.1 Å². The fourth-order valence-corrected chi connectivity index (χ4v) is 7.94. The van der Waals surface area contributed by atoms with Gasteiger partial charge in [0.2, 0.25) is 5.91 Å². The normalized spacial score (nSPS) is 42.2.